The Morgan fingerprint density at radius 3 is 2.57 bits per heavy atom. The largest absolute Gasteiger partial charge is 0.481 e. The summed E-state index contributed by atoms with van der Waals surface area (Å²) in [6.07, 6.45) is 2.36. The van der Waals surface area contributed by atoms with Crippen LogP contribution in [0, 0.1) is 18.7 Å². The minimum atomic E-state index is -0.823. The van der Waals surface area contributed by atoms with E-state index < -0.39 is 5.97 Å². The molecular formula is C16H16FN3O3. The van der Waals surface area contributed by atoms with Gasteiger partial charge >= 0.3 is 5.97 Å². The van der Waals surface area contributed by atoms with Gasteiger partial charge in [-0.25, -0.2) is 9.07 Å². The molecule has 0 aliphatic heterocycles. The normalized spacial score (nSPS) is 19.9. The van der Waals surface area contributed by atoms with Crippen LogP contribution in [-0.4, -0.2) is 32.8 Å². The minimum absolute atomic E-state index is 0.114. The lowest BCUT2D eigenvalue weighted by Crippen LogP contribution is -2.46. The van der Waals surface area contributed by atoms with Crippen LogP contribution in [0.15, 0.2) is 30.5 Å². The average molecular weight is 317 g/mol. The summed E-state index contributed by atoms with van der Waals surface area (Å²) in [5.74, 6) is -1.81. The lowest BCUT2D eigenvalue weighted by molar-refractivity contribution is -0.145. The molecule has 1 aliphatic rings. The number of carbonyl (C=O) groups is 2. The molecule has 0 unspecified atom stereocenters. The molecule has 1 amide bonds. The third-order valence-corrected chi connectivity index (χ3v) is 4.15. The van der Waals surface area contributed by atoms with Gasteiger partial charge in [-0.2, -0.15) is 5.10 Å². The zero-order chi connectivity index (χ0) is 16.6. The van der Waals surface area contributed by atoms with Crippen molar-refractivity contribution in [2.24, 2.45) is 5.92 Å². The summed E-state index contributed by atoms with van der Waals surface area (Å²) in [6, 6.07) is 5.71. The van der Waals surface area contributed by atoms with Gasteiger partial charge in [-0.05, 0) is 44.0 Å². The molecule has 1 aromatic carbocycles. The number of carbonyl (C=O) groups excluding carboxylic acids is 1. The van der Waals surface area contributed by atoms with Crippen molar-refractivity contribution in [1.82, 2.24) is 15.1 Å². The van der Waals surface area contributed by atoms with Crippen LogP contribution in [-0.2, 0) is 4.79 Å². The first kappa shape index (κ1) is 15.2. The van der Waals surface area contributed by atoms with Gasteiger partial charge < -0.3 is 10.4 Å². The van der Waals surface area contributed by atoms with Crippen molar-refractivity contribution in [3.8, 4) is 5.69 Å². The Morgan fingerprint density at radius 1 is 1.30 bits per heavy atom. The topological polar surface area (TPSA) is 84.2 Å². The number of carboxylic acids is 1. The third kappa shape index (κ3) is 2.94. The van der Waals surface area contributed by atoms with Crippen molar-refractivity contribution in [2.75, 3.05) is 0 Å². The molecule has 0 saturated heterocycles. The molecule has 1 fully saturated rings. The Hall–Kier alpha value is -2.70. The second-order valence-corrected chi connectivity index (χ2v) is 5.71. The van der Waals surface area contributed by atoms with Gasteiger partial charge in [0, 0.05) is 6.04 Å². The molecule has 6 nitrogen and oxygen atoms in total. The van der Waals surface area contributed by atoms with Crippen LogP contribution in [0.1, 0.15) is 28.9 Å². The van der Waals surface area contributed by atoms with E-state index in [2.05, 4.69) is 10.4 Å². The zero-order valence-electron chi connectivity index (χ0n) is 12.5. The van der Waals surface area contributed by atoms with Crippen molar-refractivity contribution in [2.45, 2.75) is 25.8 Å². The summed E-state index contributed by atoms with van der Waals surface area (Å²) in [6.45, 7) is 1.76. The quantitative estimate of drug-likeness (QED) is 0.902. The average Bonchev–Trinajstić information content (AvgIpc) is 2.84. The third-order valence-electron chi connectivity index (χ3n) is 4.15. The van der Waals surface area contributed by atoms with Gasteiger partial charge in [0.25, 0.3) is 5.91 Å². The van der Waals surface area contributed by atoms with E-state index in [4.69, 9.17) is 5.11 Å². The van der Waals surface area contributed by atoms with Crippen LogP contribution in [0.5, 0.6) is 0 Å². The Kier molecular flexibility index (Phi) is 3.85. The highest BCUT2D eigenvalue weighted by Gasteiger charge is 2.35. The maximum absolute atomic E-state index is 13.0. The van der Waals surface area contributed by atoms with Crippen LogP contribution in [0.25, 0.3) is 5.69 Å². The fourth-order valence-electron chi connectivity index (χ4n) is 2.68. The molecule has 2 N–H and O–H groups in total. The predicted octanol–water partition coefficient (Wildman–Crippen LogP) is 1.91. The molecule has 23 heavy (non-hydrogen) atoms. The van der Waals surface area contributed by atoms with Crippen molar-refractivity contribution in [3.05, 3.63) is 47.5 Å². The van der Waals surface area contributed by atoms with E-state index in [0.29, 0.717) is 29.8 Å². The number of hydrogen-bond acceptors (Lipinski definition) is 3. The summed E-state index contributed by atoms with van der Waals surface area (Å²) < 4.78 is 14.5. The van der Waals surface area contributed by atoms with E-state index in [-0.39, 0.29) is 23.7 Å². The number of hydrogen-bond donors (Lipinski definition) is 2. The van der Waals surface area contributed by atoms with Crippen LogP contribution < -0.4 is 5.32 Å². The highest BCUT2D eigenvalue weighted by Crippen LogP contribution is 2.28. The maximum Gasteiger partial charge on any atom is 0.306 e. The number of halogens is 1. The molecule has 2 aromatic rings. The number of carboxylic acid groups (broad SMARTS) is 1. The monoisotopic (exact) mass is 317 g/mol. The van der Waals surface area contributed by atoms with E-state index in [0.717, 1.165) is 0 Å². The smallest absolute Gasteiger partial charge is 0.306 e. The first-order valence-corrected chi connectivity index (χ1v) is 7.30. The van der Waals surface area contributed by atoms with E-state index in [1.54, 1.807) is 23.7 Å². The standard InChI is InChI=1S/C16H16FN3O3/c1-9-14(15(21)19-12-6-10(7-12)16(22)23)8-18-20(9)13-4-2-11(17)3-5-13/h2-5,8,10,12H,6-7H2,1H3,(H,19,21)(H,22,23). The summed E-state index contributed by atoms with van der Waals surface area (Å²) in [5, 5.41) is 15.8. The Balaban J connectivity index is 1.70. The second-order valence-electron chi connectivity index (χ2n) is 5.71. The number of aromatic nitrogens is 2. The van der Waals surface area contributed by atoms with Crippen LogP contribution in [0.3, 0.4) is 0 Å². The molecular weight excluding hydrogens is 301 g/mol. The Bertz CT molecular complexity index is 748. The van der Waals surface area contributed by atoms with Crippen molar-refractivity contribution < 1.29 is 19.1 Å². The van der Waals surface area contributed by atoms with Gasteiger partial charge in [-0.1, -0.05) is 0 Å². The van der Waals surface area contributed by atoms with Gasteiger partial charge in [0.1, 0.15) is 5.82 Å². The second kappa shape index (κ2) is 5.83. The van der Waals surface area contributed by atoms with Gasteiger partial charge in [0.15, 0.2) is 0 Å². The number of nitrogens with zero attached hydrogens (tertiary/aromatic N) is 2. The van der Waals surface area contributed by atoms with Gasteiger partial charge in [-0.15, -0.1) is 0 Å². The highest BCUT2D eigenvalue weighted by atomic mass is 19.1. The van der Waals surface area contributed by atoms with Gasteiger partial charge in [0.05, 0.1) is 29.1 Å². The lowest BCUT2D eigenvalue weighted by Gasteiger charge is -2.32. The van der Waals surface area contributed by atoms with Gasteiger partial charge in [0.2, 0.25) is 0 Å². The Labute approximate surface area is 131 Å². The summed E-state index contributed by atoms with van der Waals surface area (Å²) in [5.41, 5.74) is 1.73. The van der Waals surface area contributed by atoms with E-state index in [1.165, 1.54) is 18.3 Å². The fourth-order valence-corrected chi connectivity index (χ4v) is 2.68. The molecule has 3 rings (SSSR count). The molecule has 0 bridgehead atoms. The number of nitrogens with one attached hydrogen (secondary N) is 1. The molecule has 0 spiro atoms. The number of benzene rings is 1. The zero-order valence-corrected chi connectivity index (χ0v) is 12.5. The van der Waals surface area contributed by atoms with Crippen molar-refractivity contribution >= 4 is 11.9 Å². The van der Waals surface area contributed by atoms with Crippen LogP contribution in [0.2, 0.25) is 0 Å². The van der Waals surface area contributed by atoms with Crippen LogP contribution in [0.4, 0.5) is 4.39 Å². The summed E-state index contributed by atoms with van der Waals surface area (Å²) in [7, 11) is 0. The number of aliphatic carboxylic acids is 1. The van der Waals surface area contributed by atoms with E-state index in [9.17, 15) is 14.0 Å². The molecule has 0 atom stereocenters. The highest BCUT2D eigenvalue weighted by molar-refractivity contribution is 5.95. The molecule has 1 saturated carbocycles. The molecule has 1 aliphatic carbocycles. The molecule has 1 aromatic heterocycles. The van der Waals surface area contributed by atoms with Crippen molar-refractivity contribution in [1.29, 1.82) is 0 Å². The lowest BCUT2D eigenvalue weighted by atomic mass is 9.80. The van der Waals surface area contributed by atoms with E-state index in [1.807, 2.05) is 0 Å². The molecule has 120 valence electrons. The van der Waals surface area contributed by atoms with E-state index >= 15 is 0 Å². The molecule has 1 heterocycles. The number of rotatable bonds is 4. The fraction of sp³-hybridized carbons (Fsp3) is 0.312. The number of amides is 1. The first-order valence-electron chi connectivity index (χ1n) is 7.30. The van der Waals surface area contributed by atoms with Crippen LogP contribution >= 0.6 is 0 Å². The molecule has 0 radical (unpaired) electrons. The maximum atomic E-state index is 13.0. The van der Waals surface area contributed by atoms with Crippen molar-refractivity contribution in [3.63, 3.8) is 0 Å². The molecule has 7 heteroatoms. The van der Waals surface area contributed by atoms with Gasteiger partial charge in [-0.3, -0.25) is 9.59 Å². The first-order chi connectivity index (χ1) is 11.0. The summed E-state index contributed by atoms with van der Waals surface area (Å²) in [4.78, 5) is 23.0. The summed E-state index contributed by atoms with van der Waals surface area (Å²) >= 11 is 0. The Morgan fingerprint density at radius 2 is 1.96 bits per heavy atom. The SMILES string of the molecule is Cc1c(C(=O)NC2CC(C(=O)O)C2)cnn1-c1ccc(F)cc1. The predicted molar refractivity (Wildman–Crippen MR) is 79.9 cm³/mol. The minimum Gasteiger partial charge on any atom is -0.481 e.